The average Bonchev–Trinajstić information content (AvgIpc) is 3.37. The minimum Gasteiger partial charge on any atom is -0.488 e. The third-order valence-electron chi connectivity index (χ3n) is 6.75. The number of nitrogens with two attached hydrogens (primary N) is 1. The third kappa shape index (κ3) is 6.09. The highest BCUT2D eigenvalue weighted by Gasteiger charge is 2.28. The van der Waals surface area contributed by atoms with E-state index in [0.717, 1.165) is 40.7 Å². The molecule has 0 amide bonds. The summed E-state index contributed by atoms with van der Waals surface area (Å²) in [4.78, 5) is 4.11. The zero-order valence-corrected chi connectivity index (χ0v) is 22.5. The lowest BCUT2D eigenvalue weighted by Crippen LogP contribution is -2.20. The number of nitrogens with zero attached hydrogens (tertiary/aromatic N) is 2. The van der Waals surface area contributed by atoms with Crippen LogP contribution in [0.2, 0.25) is 5.02 Å². The fourth-order valence-corrected chi connectivity index (χ4v) is 5.14. The average molecular weight is 555 g/mol. The van der Waals surface area contributed by atoms with Crippen molar-refractivity contribution in [2.24, 2.45) is 5.73 Å². The highest BCUT2D eigenvalue weighted by Crippen LogP contribution is 2.43. The summed E-state index contributed by atoms with van der Waals surface area (Å²) in [5, 5.41) is 12.9. The first kappa shape index (κ1) is 27.2. The molecule has 0 saturated carbocycles. The smallest absolute Gasteiger partial charge is 0.142 e. The van der Waals surface area contributed by atoms with E-state index in [1.165, 1.54) is 12.3 Å². The minimum atomic E-state index is -0.247. The zero-order chi connectivity index (χ0) is 28.1. The van der Waals surface area contributed by atoms with Gasteiger partial charge >= 0.3 is 0 Å². The van der Waals surface area contributed by atoms with Gasteiger partial charge in [0.25, 0.3) is 0 Å². The van der Waals surface area contributed by atoms with Crippen LogP contribution in [0.3, 0.4) is 0 Å². The van der Waals surface area contributed by atoms with Crippen molar-refractivity contribution in [1.29, 1.82) is 5.26 Å². The fraction of sp³-hybridized carbons (Fsp3) is 0.188. The van der Waals surface area contributed by atoms with E-state index >= 15 is 0 Å². The topological polar surface area (TPSA) is 93.2 Å². The van der Waals surface area contributed by atoms with Crippen molar-refractivity contribution in [2.45, 2.75) is 32.1 Å². The maximum atomic E-state index is 14.6. The predicted molar refractivity (Wildman–Crippen MR) is 153 cm³/mol. The lowest BCUT2D eigenvalue weighted by atomic mass is 9.96. The van der Waals surface area contributed by atoms with Crippen LogP contribution in [-0.4, -0.2) is 11.5 Å². The summed E-state index contributed by atoms with van der Waals surface area (Å²) in [6.07, 6.45) is 4.42. The second-order valence-corrected chi connectivity index (χ2v) is 10.0. The lowest BCUT2D eigenvalue weighted by molar-refractivity contribution is 0.206. The summed E-state index contributed by atoms with van der Waals surface area (Å²) >= 11 is 6.71. The molecule has 3 N–H and O–H groups in total. The molecule has 0 saturated heterocycles. The maximum absolute atomic E-state index is 14.6. The molecule has 3 aromatic carbocycles. The van der Waals surface area contributed by atoms with Crippen molar-refractivity contribution in [3.8, 4) is 28.7 Å². The number of pyridine rings is 1. The predicted octanol–water partition coefficient (Wildman–Crippen LogP) is 6.62. The van der Waals surface area contributed by atoms with Gasteiger partial charge in [0, 0.05) is 53.9 Å². The van der Waals surface area contributed by atoms with Crippen LogP contribution in [0.25, 0.3) is 11.1 Å². The molecule has 40 heavy (non-hydrogen) atoms. The highest BCUT2D eigenvalue weighted by molar-refractivity contribution is 6.32. The van der Waals surface area contributed by atoms with Crippen LogP contribution in [0.15, 0.2) is 85.3 Å². The maximum Gasteiger partial charge on any atom is 0.142 e. The summed E-state index contributed by atoms with van der Waals surface area (Å²) in [6.45, 7) is 4.81. The molecule has 1 aliphatic rings. The summed E-state index contributed by atoms with van der Waals surface area (Å²) in [5.74, 6) is 0.819. The molecule has 1 aromatic heterocycles. The normalized spacial score (nSPS) is 13.9. The van der Waals surface area contributed by atoms with Crippen molar-refractivity contribution >= 4 is 11.6 Å². The Hall–Kier alpha value is -4.38. The zero-order valence-electron chi connectivity index (χ0n) is 21.8. The van der Waals surface area contributed by atoms with Gasteiger partial charge in [0.05, 0.1) is 10.6 Å². The van der Waals surface area contributed by atoms with Crippen LogP contribution in [0.1, 0.15) is 40.3 Å². The second-order valence-electron chi connectivity index (χ2n) is 9.63. The molecule has 1 aliphatic carbocycles. The Morgan fingerprint density at radius 3 is 2.75 bits per heavy atom. The number of nitrogens with one attached hydrogen (secondary N) is 1. The van der Waals surface area contributed by atoms with E-state index in [4.69, 9.17) is 26.8 Å². The molecule has 1 heterocycles. The van der Waals surface area contributed by atoms with Crippen LogP contribution in [-0.2, 0) is 19.6 Å². The van der Waals surface area contributed by atoms with Gasteiger partial charge in [-0.25, -0.2) is 4.39 Å². The molecule has 202 valence electrons. The number of nitriles is 1. The Balaban J connectivity index is 1.42. The summed E-state index contributed by atoms with van der Waals surface area (Å²) in [5.41, 5.74) is 11.8. The number of hydrogen-bond donors (Lipinski definition) is 2. The Labute approximate surface area is 237 Å². The van der Waals surface area contributed by atoms with E-state index in [9.17, 15) is 9.65 Å². The molecule has 1 atom stereocenters. The molecule has 0 spiro atoms. The van der Waals surface area contributed by atoms with Gasteiger partial charge in [-0.15, -0.1) is 0 Å². The van der Waals surface area contributed by atoms with E-state index in [1.807, 2.05) is 30.3 Å². The summed E-state index contributed by atoms with van der Waals surface area (Å²) < 4.78 is 27.2. The lowest BCUT2D eigenvalue weighted by Gasteiger charge is -2.20. The molecular formula is C32H28ClFN4O2. The number of aromatic nitrogens is 1. The summed E-state index contributed by atoms with van der Waals surface area (Å²) in [7, 11) is 0. The van der Waals surface area contributed by atoms with Crippen LogP contribution < -0.4 is 20.5 Å². The van der Waals surface area contributed by atoms with Gasteiger partial charge in [0.2, 0.25) is 0 Å². The molecule has 6 nitrogen and oxygen atoms in total. The Morgan fingerprint density at radius 1 is 1.12 bits per heavy atom. The van der Waals surface area contributed by atoms with Gasteiger partial charge in [-0.3, -0.25) is 4.98 Å². The first-order valence-electron chi connectivity index (χ1n) is 12.9. The Morgan fingerprint density at radius 2 is 1.95 bits per heavy atom. The van der Waals surface area contributed by atoms with E-state index in [2.05, 4.69) is 22.9 Å². The molecular weight excluding hydrogens is 527 g/mol. The minimum absolute atomic E-state index is 0.207. The van der Waals surface area contributed by atoms with Gasteiger partial charge in [0.1, 0.15) is 36.1 Å². The van der Waals surface area contributed by atoms with Gasteiger partial charge < -0.3 is 20.5 Å². The number of benzene rings is 3. The second kappa shape index (κ2) is 12.2. The SMILES string of the molecule is C=C(N)CNCc1cc(Cl)c(O[C@H]2CCc3c(-c4ccccc4F)cccc32)cc1OCc1cncc(C#N)c1. The first-order valence-corrected chi connectivity index (χ1v) is 13.3. The fourth-order valence-electron chi connectivity index (χ4n) is 4.91. The molecule has 0 bridgehead atoms. The van der Waals surface area contributed by atoms with Crippen LogP contribution in [0.4, 0.5) is 4.39 Å². The highest BCUT2D eigenvalue weighted by atomic mass is 35.5. The van der Waals surface area contributed by atoms with Crippen molar-refractivity contribution in [2.75, 3.05) is 6.54 Å². The monoisotopic (exact) mass is 554 g/mol. The van der Waals surface area contributed by atoms with Crippen LogP contribution in [0.5, 0.6) is 11.5 Å². The molecule has 0 aliphatic heterocycles. The first-order chi connectivity index (χ1) is 19.4. The van der Waals surface area contributed by atoms with Crippen LogP contribution in [0, 0.1) is 17.1 Å². The van der Waals surface area contributed by atoms with Gasteiger partial charge in [-0.05, 0) is 47.7 Å². The molecule has 0 unspecified atom stereocenters. The Kier molecular flexibility index (Phi) is 8.30. The van der Waals surface area contributed by atoms with Crippen molar-refractivity contribution in [3.63, 3.8) is 0 Å². The van der Waals surface area contributed by atoms with E-state index in [-0.39, 0.29) is 18.5 Å². The Bertz CT molecular complexity index is 1600. The molecule has 8 heteroatoms. The van der Waals surface area contributed by atoms with Crippen molar-refractivity contribution in [3.05, 3.63) is 124 Å². The van der Waals surface area contributed by atoms with Crippen molar-refractivity contribution in [1.82, 2.24) is 10.3 Å². The van der Waals surface area contributed by atoms with Gasteiger partial charge in [-0.1, -0.05) is 54.6 Å². The van der Waals surface area contributed by atoms with Gasteiger partial charge in [-0.2, -0.15) is 5.26 Å². The van der Waals surface area contributed by atoms with Crippen molar-refractivity contribution < 1.29 is 13.9 Å². The third-order valence-corrected chi connectivity index (χ3v) is 7.05. The number of fused-ring (bicyclic) bond motifs is 1. The number of ether oxygens (including phenoxy) is 2. The van der Waals surface area contributed by atoms with Crippen LogP contribution >= 0.6 is 11.6 Å². The van der Waals surface area contributed by atoms with E-state index < -0.39 is 0 Å². The number of rotatable bonds is 10. The summed E-state index contributed by atoms with van der Waals surface area (Å²) in [6, 6.07) is 20.1. The largest absolute Gasteiger partial charge is 0.488 e. The van der Waals surface area contributed by atoms with E-state index in [0.29, 0.717) is 46.4 Å². The quantitative estimate of drug-likeness (QED) is 0.229. The number of hydrogen-bond acceptors (Lipinski definition) is 6. The number of halogens is 2. The standard InChI is InChI=1S/C32H28ClFN4O2/c1-20(36)15-37-18-23-12-28(33)32(13-31(23)39-19-22-11-21(14-35)16-38-17-22)40-30-10-9-25-24(6-4-7-27(25)30)26-5-2-3-8-29(26)34/h2-8,11-13,16-17,30,37H,1,9-10,15,18-19,36H2/t30-/m0/s1. The van der Waals surface area contributed by atoms with Gasteiger partial charge in [0.15, 0.2) is 0 Å². The molecule has 4 aromatic rings. The molecule has 0 radical (unpaired) electrons. The molecule has 0 fully saturated rings. The molecule has 5 rings (SSSR count). The van der Waals surface area contributed by atoms with E-state index in [1.54, 1.807) is 30.5 Å².